The number of benzene rings is 1. The first-order valence-corrected chi connectivity index (χ1v) is 10.3. The van der Waals surface area contributed by atoms with E-state index in [4.69, 9.17) is 5.26 Å². The summed E-state index contributed by atoms with van der Waals surface area (Å²) in [5.41, 5.74) is 2.04. The first-order valence-electron chi connectivity index (χ1n) is 10.3. The molecule has 3 aromatic rings. The number of carbonyl (C=O) groups excluding carboxylic acids is 3. The highest BCUT2D eigenvalue weighted by Crippen LogP contribution is 2.34. The number of aromatic nitrogens is 1. The van der Waals surface area contributed by atoms with Gasteiger partial charge in [0.15, 0.2) is 5.78 Å². The summed E-state index contributed by atoms with van der Waals surface area (Å²) in [6.45, 7) is 3.07. The number of piperazine rings is 1. The molecule has 154 valence electrons. The van der Waals surface area contributed by atoms with Crippen LogP contribution in [0.2, 0.25) is 0 Å². The van der Waals surface area contributed by atoms with Gasteiger partial charge in [-0.1, -0.05) is 30.3 Å². The molecule has 1 fully saturated rings. The van der Waals surface area contributed by atoms with Crippen LogP contribution in [0.4, 0.5) is 0 Å². The summed E-state index contributed by atoms with van der Waals surface area (Å²) >= 11 is 0. The highest BCUT2D eigenvalue weighted by molar-refractivity contribution is 6.32. The average Bonchev–Trinajstić information content (AvgIpc) is 3.17. The molecule has 7 nitrogen and oxygen atoms in total. The zero-order valence-electron chi connectivity index (χ0n) is 16.9. The molecule has 2 aliphatic rings. The van der Waals surface area contributed by atoms with Crippen molar-refractivity contribution in [3.05, 3.63) is 76.6 Å². The Bertz CT molecular complexity index is 1280. The zero-order valence-corrected chi connectivity index (χ0v) is 16.9. The summed E-state index contributed by atoms with van der Waals surface area (Å²) in [6, 6.07) is 14.3. The van der Waals surface area contributed by atoms with Gasteiger partial charge in [0.25, 0.3) is 5.91 Å². The summed E-state index contributed by atoms with van der Waals surface area (Å²) in [5.74, 6) is -0.762. The van der Waals surface area contributed by atoms with Crippen molar-refractivity contribution in [2.45, 2.75) is 6.42 Å². The van der Waals surface area contributed by atoms with Crippen LogP contribution < -0.4 is 0 Å². The summed E-state index contributed by atoms with van der Waals surface area (Å²) in [7, 11) is 0. The Labute approximate surface area is 179 Å². The molecule has 0 unspecified atom stereocenters. The molecule has 0 atom stereocenters. The fraction of sp³-hybridized carbons (Fsp3) is 0.250. The SMILES string of the molecule is N#CCCN1CCN(C(=O)c2c3c(n4ccccc24)C(=O)c2ccccc2C3=O)CC1. The summed E-state index contributed by atoms with van der Waals surface area (Å²) < 4.78 is 1.67. The number of nitriles is 1. The molecule has 0 saturated carbocycles. The number of nitrogens with zero attached hydrogens (tertiary/aromatic N) is 4. The maximum atomic E-state index is 13.6. The zero-order chi connectivity index (χ0) is 21.5. The molecule has 1 aliphatic heterocycles. The van der Waals surface area contributed by atoms with Gasteiger partial charge in [-0.15, -0.1) is 0 Å². The molecular formula is C24H20N4O3. The molecular weight excluding hydrogens is 392 g/mol. The number of amides is 1. The fourth-order valence-electron chi connectivity index (χ4n) is 4.55. The molecule has 2 aromatic heterocycles. The second-order valence-corrected chi connectivity index (χ2v) is 7.80. The first kappa shape index (κ1) is 19.2. The van der Waals surface area contributed by atoms with Crippen molar-refractivity contribution in [2.24, 2.45) is 0 Å². The number of pyridine rings is 1. The van der Waals surface area contributed by atoms with Crippen molar-refractivity contribution in [3.8, 4) is 6.07 Å². The average molecular weight is 412 g/mol. The lowest BCUT2D eigenvalue weighted by atomic mass is 9.86. The molecule has 1 aromatic carbocycles. The lowest BCUT2D eigenvalue weighted by Crippen LogP contribution is -2.49. The Morgan fingerprint density at radius 1 is 0.935 bits per heavy atom. The predicted molar refractivity (Wildman–Crippen MR) is 113 cm³/mol. The molecule has 5 rings (SSSR count). The minimum atomic E-state index is -0.287. The largest absolute Gasteiger partial charge is 0.336 e. The second kappa shape index (κ2) is 7.49. The topological polar surface area (TPSA) is 85.9 Å². The lowest BCUT2D eigenvalue weighted by Gasteiger charge is -2.34. The third-order valence-electron chi connectivity index (χ3n) is 6.12. The molecule has 7 heteroatoms. The number of fused-ring (bicyclic) bond motifs is 4. The van der Waals surface area contributed by atoms with E-state index in [1.54, 1.807) is 58.0 Å². The molecule has 0 N–H and O–H groups in total. The summed E-state index contributed by atoms with van der Waals surface area (Å²) in [4.78, 5) is 44.2. The van der Waals surface area contributed by atoms with Gasteiger partial charge in [0.1, 0.15) is 5.69 Å². The molecule has 0 spiro atoms. The van der Waals surface area contributed by atoms with E-state index in [-0.39, 0.29) is 28.7 Å². The first-order chi connectivity index (χ1) is 15.1. The Hall–Kier alpha value is -3.76. The van der Waals surface area contributed by atoms with Crippen LogP contribution in [0, 0.1) is 11.3 Å². The molecule has 3 heterocycles. The van der Waals surface area contributed by atoms with E-state index >= 15 is 0 Å². The standard InChI is InChI=1S/C24H20N4O3/c25-9-5-10-26-12-14-27(15-13-26)24(31)19-18-8-3-4-11-28(18)21-20(19)22(29)16-6-1-2-7-17(16)23(21)30/h1-4,6-8,11H,5,10,12-15H2. The Morgan fingerprint density at radius 2 is 1.61 bits per heavy atom. The molecule has 1 saturated heterocycles. The van der Waals surface area contributed by atoms with Gasteiger partial charge < -0.3 is 9.30 Å². The number of hydrogen-bond donors (Lipinski definition) is 0. The smallest absolute Gasteiger partial charge is 0.256 e. The highest BCUT2D eigenvalue weighted by Gasteiger charge is 2.39. The van der Waals surface area contributed by atoms with Crippen molar-refractivity contribution in [1.82, 2.24) is 14.2 Å². The van der Waals surface area contributed by atoms with Crippen molar-refractivity contribution < 1.29 is 14.4 Å². The van der Waals surface area contributed by atoms with Gasteiger partial charge in [-0.3, -0.25) is 19.3 Å². The summed E-state index contributed by atoms with van der Waals surface area (Å²) in [5, 5.41) is 8.79. The van der Waals surface area contributed by atoms with E-state index < -0.39 is 0 Å². The van der Waals surface area contributed by atoms with Crippen molar-refractivity contribution in [3.63, 3.8) is 0 Å². The molecule has 31 heavy (non-hydrogen) atoms. The van der Waals surface area contributed by atoms with E-state index in [0.717, 1.165) is 0 Å². The third-order valence-corrected chi connectivity index (χ3v) is 6.12. The minimum absolute atomic E-state index is 0.201. The Kier molecular flexibility index (Phi) is 4.64. The van der Waals surface area contributed by atoms with Crippen molar-refractivity contribution in [1.29, 1.82) is 5.26 Å². The number of carbonyl (C=O) groups is 3. The second-order valence-electron chi connectivity index (χ2n) is 7.80. The number of rotatable bonds is 3. The van der Waals surface area contributed by atoms with E-state index in [1.807, 2.05) is 0 Å². The molecule has 1 amide bonds. The van der Waals surface area contributed by atoms with Gasteiger partial charge in [0.05, 0.1) is 22.7 Å². The van der Waals surface area contributed by atoms with Crippen molar-refractivity contribution in [2.75, 3.05) is 32.7 Å². The minimum Gasteiger partial charge on any atom is -0.336 e. The predicted octanol–water partition coefficient (Wildman–Crippen LogP) is 2.39. The van der Waals surface area contributed by atoms with Crippen LogP contribution in [0.15, 0.2) is 48.7 Å². The van der Waals surface area contributed by atoms with Crippen LogP contribution in [-0.2, 0) is 0 Å². The third kappa shape index (κ3) is 2.95. The van der Waals surface area contributed by atoms with Gasteiger partial charge in [0.2, 0.25) is 5.78 Å². The van der Waals surface area contributed by atoms with Crippen LogP contribution in [0.5, 0.6) is 0 Å². The molecule has 0 bridgehead atoms. The van der Waals surface area contributed by atoms with Crippen molar-refractivity contribution >= 4 is 23.0 Å². The van der Waals surface area contributed by atoms with Crippen LogP contribution in [0.25, 0.3) is 5.52 Å². The van der Waals surface area contributed by atoms with E-state index in [9.17, 15) is 14.4 Å². The molecule has 0 radical (unpaired) electrons. The highest BCUT2D eigenvalue weighted by atomic mass is 16.2. The lowest BCUT2D eigenvalue weighted by molar-refractivity contribution is 0.0639. The van der Waals surface area contributed by atoms with Gasteiger partial charge in [-0.2, -0.15) is 5.26 Å². The fourth-order valence-corrected chi connectivity index (χ4v) is 4.55. The summed E-state index contributed by atoms with van der Waals surface area (Å²) in [6.07, 6.45) is 2.19. The van der Waals surface area contributed by atoms with Gasteiger partial charge in [0, 0.05) is 56.5 Å². The van der Waals surface area contributed by atoms with Crippen LogP contribution in [0.1, 0.15) is 48.8 Å². The maximum Gasteiger partial charge on any atom is 0.256 e. The van der Waals surface area contributed by atoms with E-state index in [1.165, 1.54) is 0 Å². The van der Waals surface area contributed by atoms with Gasteiger partial charge in [-0.25, -0.2) is 0 Å². The van der Waals surface area contributed by atoms with E-state index in [2.05, 4.69) is 11.0 Å². The van der Waals surface area contributed by atoms with Crippen LogP contribution in [-0.4, -0.2) is 64.4 Å². The Morgan fingerprint density at radius 3 is 2.32 bits per heavy atom. The monoisotopic (exact) mass is 412 g/mol. The quantitative estimate of drug-likeness (QED) is 0.516. The normalized spacial score (nSPS) is 16.2. The van der Waals surface area contributed by atoms with Crippen LogP contribution in [0.3, 0.4) is 0 Å². The van der Waals surface area contributed by atoms with E-state index in [0.29, 0.717) is 61.4 Å². The number of hydrogen-bond acceptors (Lipinski definition) is 5. The van der Waals surface area contributed by atoms with Gasteiger partial charge >= 0.3 is 0 Å². The maximum absolute atomic E-state index is 13.6. The van der Waals surface area contributed by atoms with Crippen LogP contribution >= 0.6 is 0 Å². The molecule has 1 aliphatic carbocycles. The van der Waals surface area contributed by atoms with Gasteiger partial charge in [-0.05, 0) is 12.1 Å². The Balaban J connectivity index is 1.58. The number of ketones is 2.